The molecule has 0 aromatic heterocycles. The normalized spacial score (nSPS) is 20.9. The van der Waals surface area contributed by atoms with E-state index in [1.54, 1.807) is 0 Å². The molecule has 1 aliphatic heterocycles. The van der Waals surface area contributed by atoms with Gasteiger partial charge in [0.25, 0.3) is 0 Å². The fourth-order valence-electron chi connectivity index (χ4n) is 2.27. The SMILES string of the molecule is CCCC(O)CNC1CCSc2ccccc21. The quantitative estimate of drug-likeness (QED) is 0.844. The molecule has 2 rings (SSSR count). The van der Waals surface area contributed by atoms with Crippen LogP contribution in [0.25, 0.3) is 0 Å². The second kappa shape index (κ2) is 6.43. The van der Waals surface area contributed by atoms with E-state index in [1.165, 1.54) is 16.2 Å². The van der Waals surface area contributed by atoms with Gasteiger partial charge < -0.3 is 10.4 Å². The molecule has 0 saturated heterocycles. The van der Waals surface area contributed by atoms with E-state index in [2.05, 4.69) is 36.5 Å². The van der Waals surface area contributed by atoms with Crippen molar-refractivity contribution in [3.63, 3.8) is 0 Å². The van der Waals surface area contributed by atoms with E-state index < -0.39 is 0 Å². The summed E-state index contributed by atoms with van der Waals surface area (Å²) in [5.41, 5.74) is 1.40. The number of fused-ring (bicyclic) bond motifs is 1. The summed E-state index contributed by atoms with van der Waals surface area (Å²) in [6, 6.07) is 9.00. The Balaban J connectivity index is 1.94. The molecule has 0 saturated carbocycles. The first-order chi connectivity index (χ1) is 8.31. The fourth-order valence-corrected chi connectivity index (χ4v) is 3.39. The molecule has 2 nitrogen and oxygen atoms in total. The smallest absolute Gasteiger partial charge is 0.0664 e. The Morgan fingerprint density at radius 3 is 3.12 bits per heavy atom. The number of benzene rings is 1. The Morgan fingerprint density at radius 1 is 1.47 bits per heavy atom. The Bertz CT molecular complexity index is 356. The summed E-state index contributed by atoms with van der Waals surface area (Å²) in [6.45, 7) is 2.81. The maximum Gasteiger partial charge on any atom is 0.0664 e. The van der Waals surface area contributed by atoms with E-state index in [4.69, 9.17) is 0 Å². The summed E-state index contributed by atoms with van der Waals surface area (Å²) < 4.78 is 0. The first-order valence-corrected chi connectivity index (χ1v) is 7.43. The Hall–Kier alpha value is -0.510. The van der Waals surface area contributed by atoms with Crippen LogP contribution in [-0.2, 0) is 0 Å². The van der Waals surface area contributed by atoms with Gasteiger partial charge in [-0.2, -0.15) is 0 Å². The van der Waals surface area contributed by atoms with Crippen molar-refractivity contribution in [1.29, 1.82) is 0 Å². The zero-order valence-corrected chi connectivity index (χ0v) is 11.2. The molecule has 0 radical (unpaired) electrons. The molecule has 1 aliphatic rings. The highest BCUT2D eigenvalue weighted by Gasteiger charge is 2.20. The Kier molecular flexibility index (Phi) is 4.89. The molecule has 0 spiro atoms. The lowest BCUT2D eigenvalue weighted by Crippen LogP contribution is -2.32. The van der Waals surface area contributed by atoms with Gasteiger partial charge in [-0.05, 0) is 30.2 Å². The summed E-state index contributed by atoms with van der Waals surface area (Å²) in [5, 5.41) is 13.3. The maximum absolute atomic E-state index is 9.76. The Labute approximate surface area is 108 Å². The van der Waals surface area contributed by atoms with Gasteiger partial charge in [0.2, 0.25) is 0 Å². The van der Waals surface area contributed by atoms with Gasteiger partial charge in [0.15, 0.2) is 0 Å². The zero-order valence-electron chi connectivity index (χ0n) is 10.4. The van der Waals surface area contributed by atoms with Gasteiger partial charge in [0.05, 0.1) is 6.10 Å². The van der Waals surface area contributed by atoms with Crippen LogP contribution in [0.5, 0.6) is 0 Å². The molecule has 94 valence electrons. The number of aliphatic hydroxyl groups excluding tert-OH is 1. The predicted molar refractivity (Wildman–Crippen MR) is 73.4 cm³/mol. The lowest BCUT2D eigenvalue weighted by Gasteiger charge is -2.27. The molecule has 0 fully saturated rings. The van der Waals surface area contributed by atoms with Crippen LogP contribution in [-0.4, -0.2) is 23.5 Å². The van der Waals surface area contributed by atoms with Crippen LogP contribution in [0.15, 0.2) is 29.2 Å². The molecule has 0 aliphatic carbocycles. The van der Waals surface area contributed by atoms with Gasteiger partial charge in [-0.1, -0.05) is 31.5 Å². The average molecular weight is 251 g/mol. The average Bonchev–Trinajstić information content (AvgIpc) is 2.36. The monoisotopic (exact) mass is 251 g/mol. The molecule has 2 N–H and O–H groups in total. The minimum absolute atomic E-state index is 0.207. The van der Waals surface area contributed by atoms with Gasteiger partial charge in [-0.15, -0.1) is 11.8 Å². The highest BCUT2D eigenvalue weighted by molar-refractivity contribution is 7.99. The van der Waals surface area contributed by atoms with Crippen molar-refractivity contribution in [3.05, 3.63) is 29.8 Å². The van der Waals surface area contributed by atoms with Crippen LogP contribution in [0.3, 0.4) is 0 Å². The van der Waals surface area contributed by atoms with Crippen LogP contribution in [0.1, 0.15) is 37.8 Å². The van der Waals surface area contributed by atoms with Crippen LogP contribution >= 0.6 is 11.8 Å². The molecule has 1 aromatic rings. The number of rotatable bonds is 5. The molecule has 2 atom stereocenters. The van der Waals surface area contributed by atoms with E-state index in [-0.39, 0.29) is 6.10 Å². The number of nitrogens with one attached hydrogen (secondary N) is 1. The van der Waals surface area contributed by atoms with Crippen molar-refractivity contribution in [3.8, 4) is 0 Å². The Morgan fingerprint density at radius 2 is 2.29 bits per heavy atom. The third-order valence-corrected chi connectivity index (χ3v) is 4.30. The van der Waals surface area contributed by atoms with Gasteiger partial charge in [-0.25, -0.2) is 0 Å². The van der Waals surface area contributed by atoms with E-state index in [1.807, 2.05) is 11.8 Å². The van der Waals surface area contributed by atoms with Crippen LogP contribution in [0.4, 0.5) is 0 Å². The third-order valence-electron chi connectivity index (χ3n) is 3.18. The zero-order chi connectivity index (χ0) is 12.1. The highest BCUT2D eigenvalue weighted by Crippen LogP contribution is 2.35. The molecular weight excluding hydrogens is 230 g/mol. The van der Waals surface area contributed by atoms with E-state index >= 15 is 0 Å². The van der Waals surface area contributed by atoms with Crippen molar-refractivity contribution in [2.24, 2.45) is 0 Å². The molecule has 17 heavy (non-hydrogen) atoms. The lowest BCUT2D eigenvalue weighted by molar-refractivity contribution is 0.156. The number of aliphatic hydroxyl groups is 1. The summed E-state index contributed by atoms with van der Waals surface area (Å²) in [4.78, 5) is 1.39. The topological polar surface area (TPSA) is 32.3 Å². The van der Waals surface area contributed by atoms with Crippen molar-refractivity contribution >= 4 is 11.8 Å². The standard InChI is InChI=1S/C14H21NOS/c1-2-5-11(16)10-15-13-8-9-17-14-7-4-3-6-12(13)14/h3-4,6-7,11,13,15-16H,2,5,8-10H2,1H3. The van der Waals surface area contributed by atoms with Crippen LogP contribution in [0.2, 0.25) is 0 Å². The molecule has 0 amide bonds. The van der Waals surface area contributed by atoms with Crippen molar-refractivity contribution in [2.75, 3.05) is 12.3 Å². The second-order valence-corrected chi connectivity index (χ2v) is 5.72. The first-order valence-electron chi connectivity index (χ1n) is 6.44. The maximum atomic E-state index is 9.76. The number of hydrogen-bond donors (Lipinski definition) is 2. The van der Waals surface area contributed by atoms with Gasteiger partial charge in [-0.3, -0.25) is 0 Å². The van der Waals surface area contributed by atoms with E-state index in [0.29, 0.717) is 12.6 Å². The molecule has 3 heteroatoms. The predicted octanol–water partition coefficient (Wildman–Crippen LogP) is 2.97. The van der Waals surface area contributed by atoms with Gasteiger partial charge in [0.1, 0.15) is 0 Å². The molecular formula is C14H21NOS. The minimum atomic E-state index is -0.207. The molecule has 2 unspecified atom stereocenters. The summed E-state index contributed by atoms with van der Waals surface area (Å²) >= 11 is 1.93. The highest BCUT2D eigenvalue weighted by atomic mass is 32.2. The largest absolute Gasteiger partial charge is 0.392 e. The van der Waals surface area contributed by atoms with Crippen LogP contribution < -0.4 is 5.32 Å². The minimum Gasteiger partial charge on any atom is -0.392 e. The molecule has 1 aromatic carbocycles. The fraction of sp³-hybridized carbons (Fsp3) is 0.571. The third kappa shape index (κ3) is 3.47. The van der Waals surface area contributed by atoms with Gasteiger partial charge in [0, 0.05) is 17.5 Å². The lowest BCUT2D eigenvalue weighted by atomic mass is 10.0. The summed E-state index contributed by atoms with van der Waals surface area (Å²) in [6.07, 6.45) is 2.87. The van der Waals surface area contributed by atoms with Crippen molar-refractivity contribution in [1.82, 2.24) is 5.32 Å². The molecule has 1 heterocycles. The second-order valence-electron chi connectivity index (χ2n) is 4.58. The number of hydrogen-bond acceptors (Lipinski definition) is 3. The number of thioether (sulfide) groups is 1. The summed E-state index contributed by atoms with van der Waals surface area (Å²) in [7, 11) is 0. The van der Waals surface area contributed by atoms with Crippen molar-refractivity contribution < 1.29 is 5.11 Å². The van der Waals surface area contributed by atoms with Crippen LogP contribution in [0, 0.1) is 0 Å². The summed E-state index contributed by atoms with van der Waals surface area (Å²) in [5.74, 6) is 1.17. The van der Waals surface area contributed by atoms with Gasteiger partial charge >= 0.3 is 0 Å². The van der Waals surface area contributed by atoms with Crippen molar-refractivity contribution in [2.45, 2.75) is 43.2 Å². The van der Waals surface area contributed by atoms with E-state index in [9.17, 15) is 5.11 Å². The molecule has 0 bridgehead atoms. The van der Waals surface area contributed by atoms with E-state index in [0.717, 1.165) is 19.3 Å². The first kappa shape index (κ1) is 12.9.